The maximum Gasteiger partial charge on any atom is 0.317 e. The predicted molar refractivity (Wildman–Crippen MR) is 94.4 cm³/mol. The average molecular weight is 408 g/mol. The van der Waals surface area contributed by atoms with Gasteiger partial charge < -0.3 is 14.9 Å². The Balaban J connectivity index is 1.84. The summed E-state index contributed by atoms with van der Waals surface area (Å²) in [4.78, 5) is 7.11. The van der Waals surface area contributed by atoms with Crippen molar-refractivity contribution in [2.45, 2.75) is 33.9 Å². The molecule has 0 saturated carbocycles. The molecule has 0 unspecified atom stereocenters. The molecule has 0 amide bonds. The minimum Gasteiger partial charge on any atom is -0.493 e. The summed E-state index contributed by atoms with van der Waals surface area (Å²) >= 11 is 3.50. The lowest BCUT2D eigenvalue weighted by molar-refractivity contribution is 0.292. The SMILES string of the molecule is CC(C)(C)Cn1nnc2c(Br)c(OCc3cnc(O)nc3O)ccc21. The number of aromatic hydroxyl groups is 2. The van der Waals surface area contributed by atoms with Gasteiger partial charge in [-0.1, -0.05) is 26.0 Å². The molecule has 0 aliphatic carbocycles. The molecule has 0 spiro atoms. The average Bonchev–Trinajstić information content (AvgIpc) is 2.90. The van der Waals surface area contributed by atoms with Gasteiger partial charge in [0, 0.05) is 12.7 Å². The van der Waals surface area contributed by atoms with Crippen LogP contribution in [0.1, 0.15) is 26.3 Å². The van der Waals surface area contributed by atoms with Crippen molar-refractivity contribution >= 4 is 27.0 Å². The molecule has 9 heteroatoms. The second kappa shape index (κ2) is 6.47. The summed E-state index contributed by atoms with van der Waals surface area (Å²) in [5.74, 6) is 0.239. The number of aromatic nitrogens is 5. The molecular formula is C16H18BrN5O3. The van der Waals surface area contributed by atoms with E-state index in [1.165, 1.54) is 6.20 Å². The Bertz CT molecular complexity index is 920. The monoisotopic (exact) mass is 407 g/mol. The molecular weight excluding hydrogens is 390 g/mol. The van der Waals surface area contributed by atoms with Gasteiger partial charge in [-0.25, -0.2) is 9.67 Å². The topological polar surface area (TPSA) is 106 Å². The van der Waals surface area contributed by atoms with Crippen LogP contribution in [0, 0.1) is 5.41 Å². The van der Waals surface area contributed by atoms with Crippen LogP contribution in [0.3, 0.4) is 0 Å². The van der Waals surface area contributed by atoms with Gasteiger partial charge in [0.05, 0.1) is 15.6 Å². The minimum atomic E-state index is -0.487. The van der Waals surface area contributed by atoms with Gasteiger partial charge in [-0.3, -0.25) is 0 Å². The van der Waals surface area contributed by atoms with Gasteiger partial charge in [0.2, 0.25) is 5.88 Å². The molecule has 8 nitrogen and oxygen atoms in total. The Morgan fingerprint density at radius 1 is 1.24 bits per heavy atom. The highest BCUT2D eigenvalue weighted by atomic mass is 79.9. The molecule has 1 aromatic carbocycles. The van der Waals surface area contributed by atoms with Crippen LogP contribution >= 0.6 is 15.9 Å². The van der Waals surface area contributed by atoms with Crippen LogP contribution in [0.5, 0.6) is 17.6 Å². The van der Waals surface area contributed by atoms with Crippen molar-refractivity contribution in [3.05, 3.63) is 28.4 Å². The molecule has 2 aromatic heterocycles. The molecule has 0 aliphatic rings. The van der Waals surface area contributed by atoms with Crippen LogP contribution in [0.4, 0.5) is 0 Å². The Morgan fingerprint density at radius 2 is 2.00 bits per heavy atom. The van der Waals surface area contributed by atoms with E-state index in [4.69, 9.17) is 9.84 Å². The highest BCUT2D eigenvalue weighted by Crippen LogP contribution is 2.33. The van der Waals surface area contributed by atoms with Crippen molar-refractivity contribution < 1.29 is 14.9 Å². The number of fused-ring (bicyclic) bond motifs is 1. The smallest absolute Gasteiger partial charge is 0.317 e. The van der Waals surface area contributed by atoms with Crippen LogP contribution in [-0.2, 0) is 13.2 Å². The van der Waals surface area contributed by atoms with Crippen LogP contribution < -0.4 is 4.74 Å². The van der Waals surface area contributed by atoms with Gasteiger partial charge in [-0.05, 0) is 33.5 Å². The van der Waals surface area contributed by atoms with Crippen molar-refractivity contribution in [1.82, 2.24) is 25.0 Å². The van der Waals surface area contributed by atoms with Crippen LogP contribution in [0.25, 0.3) is 11.0 Å². The molecule has 0 atom stereocenters. The molecule has 0 bridgehead atoms. The van der Waals surface area contributed by atoms with E-state index in [-0.39, 0.29) is 17.9 Å². The Hall–Kier alpha value is -2.42. The van der Waals surface area contributed by atoms with Gasteiger partial charge in [-0.2, -0.15) is 4.98 Å². The van der Waals surface area contributed by atoms with E-state index in [2.05, 4.69) is 57.0 Å². The van der Waals surface area contributed by atoms with E-state index < -0.39 is 6.01 Å². The first-order valence-electron chi connectivity index (χ1n) is 7.63. The first-order valence-corrected chi connectivity index (χ1v) is 8.42. The maximum atomic E-state index is 9.69. The molecule has 25 heavy (non-hydrogen) atoms. The number of ether oxygens (including phenoxy) is 1. The lowest BCUT2D eigenvalue weighted by atomic mass is 9.97. The quantitative estimate of drug-likeness (QED) is 0.684. The second-order valence-corrected chi connectivity index (χ2v) is 7.65. The number of benzene rings is 1. The first kappa shape index (κ1) is 17.4. The standard InChI is InChI=1S/C16H18BrN5O3/c1-16(2,3)8-22-10-4-5-11(12(17)13(10)20-21-22)25-7-9-6-18-15(24)19-14(9)23/h4-6H,7-8H2,1-3H3,(H2,18,19,23,24). The summed E-state index contributed by atoms with van der Waals surface area (Å²) in [6.07, 6.45) is 1.31. The molecule has 0 aliphatic heterocycles. The van der Waals surface area contributed by atoms with Crippen molar-refractivity contribution in [1.29, 1.82) is 0 Å². The fourth-order valence-corrected chi connectivity index (χ4v) is 2.84. The molecule has 3 rings (SSSR count). The lowest BCUT2D eigenvalue weighted by Gasteiger charge is -2.18. The third kappa shape index (κ3) is 3.81. The number of rotatable bonds is 4. The second-order valence-electron chi connectivity index (χ2n) is 6.86. The Labute approximate surface area is 152 Å². The van der Waals surface area contributed by atoms with Crippen molar-refractivity contribution in [3.8, 4) is 17.6 Å². The summed E-state index contributed by atoms with van der Waals surface area (Å²) in [5, 5.41) is 27.3. The number of hydrogen-bond donors (Lipinski definition) is 2. The van der Waals surface area contributed by atoms with E-state index in [0.717, 1.165) is 12.1 Å². The summed E-state index contributed by atoms with van der Waals surface area (Å²) in [6, 6.07) is 3.22. The van der Waals surface area contributed by atoms with Crippen LogP contribution in [0.15, 0.2) is 22.8 Å². The van der Waals surface area contributed by atoms with Crippen molar-refractivity contribution in [3.63, 3.8) is 0 Å². The predicted octanol–water partition coefficient (Wildman–Crippen LogP) is 3.02. The fraction of sp³-hybridized carbons (Fsp3) is 0.375. The third-order valence-electron chi connectivity index (χ3n) is 3.43. The number of nitrogens with zero attached hydrogens (tertiary/aromatic N) is 5. The Kier molecular flexibility index (Phi) is 4.51. The number of halogens is 1. The van der Waals surface area contributed by atoms with E-state index >= 15 is 0 Å². The van der Waals surface area contributed by atoms with Gasteiger partial charge in [0.25, 0.3) is 0 Å². The van der Waals surface area contributed by atoms with Gasteiger partial charge in [0.1, 0.15) is 17.9 Å². The van der Waals surface area contributed by atoms with E-state index in [1.54, 1.807) is 0 Å². The van der Waals surface area contributed by atoms with Crippen molar-refractivity contribution in [2.75, 3.05) is 0 Å². The van der Waals surface area contributed by atoms with Gasteiger partial charge in [0.15, 0.2) is 0 Å². The van der Waals surface area contributed by atoms with E-state index in [9.17, 15) is 5.11 Å². The molecule has 0 radical (unpaired) electrons. The van der Waals surface area contributed by atoms with Crippen LogP contribution in [-0.4, -0.2) is 35.2 Å². The molecule has 2 N–H and O–H groups in total. The zero-order valence-electron chi connectivity index (χ0n) is 14.1. The summed E-state index contributed by atoms with van der Waals surface area (Å²) in [7, 11) is 0. The summed E-state index contributed by atoms with van der Waals surface area (Å²) in [5.41, 5.74) is 2.05. The van der Waals surface area contributed by atoms with E-state index in [1.807, 2.05) is 16.8 Å². The third-order valence-corrected chi connectivity index (χ3v) is 4.19. The zero-order valence-corrected chi connectivity index (χ0v) is 15.6. The fourth-order valence-electron chi connectivity index (χ4n) is 2.31. The summed E-state index contributed by atoms with van der Waals surface area (Å²) in [6.45, 7) is 7.21. The van der Waals surface area contributed by atoms with Gasteiger partial charge >= 0.3 is 6.01 Å². The number of hydrogen-bond acceptors (Lipinski definition) is 7. The molecule has 3 aromatic rings. The minimum absolute atomic E-state index is 0.0480. The van der Waals surface area contributed by atoms with E-state index in [0.29, 0.717) is 21.3 Å². The van der Waals surface area contributed by atoms with Crippen molar-refractivity contribution in [2.24, 2.45) is 5.41 Å². The zero-order chi connectivity index (χ0) is 18.2. The van der Waals surface area contributed by atoms with Crippen LogP contribution in [0.2, 0.25) is 0 Å². The largest absolute Gasteiger partial charge is 0.493 e. The maximum absolute atomic E-state index is 9.69. The summed E-state index contributed by atoms with van der Waals surface area (Å²) < 4.78 is 8.27. The lowest BCUT2D eigenvalue weighted by Crippen LogP contribution is -2.16. The first-order chi connectivity index (χ1) is 11.7. The Morgan fingerprint density at radius 3 is 2.68 bits per heavy atom. The normalized spacial score (nSPS) is 11.8. The molecule has 132 valence electrons. The molecule has 2 heterocycles. The highest BCUT2D eigenvalue weighted by Gasteiger charge is 2.18. The molecule has 0 saturated heterocycles. The molecule has 0 fully saturated rings. The van der Waals surface area contributed by atoms with Gasteiger partial charge in [-0.15, -0.1) is 5.10 Å². The highest BCUT2D eigenvalue weighted by molar-refractivity contribution is 9.10.